The van der Waals surface area contributed by atoms with Crippen LogP contribution < -0.4 is 0 Å². The largest absolute Gasteiger partial charge is 0.459 e. The summed E-state index contributed by atoms with van der Waals surface area (Å²) in [5, 5.41) is 23.0. The molecule has 3 unspecified atom stereocenters. The van der Waals surface area contributed by atoms with Crippen molar-refractivity contribution in [2.75, 3.05) is 0 Å². The van der Waals surface area contributed by atoms with Gasteiger partial charge in [0.25, 0.3) is 0 Å². The second kappa shape index (κ2) is 6.41. The Morgan fingerprint density at radius 1 is 1.06 bits per heavy atom. The van der Waals surface area contributed by atoms with E-state index in [0.29, 0.717) is 12.8 Å². The van der Waals surface area contributed by atoms with Crippen molar-refractivity contribution >= 4 is 11.8 Å². The predicted octanol–water partition coefficient (Wildman–Crippen LogP) is 2.15. The highest BCUT2D eigenvalue weighted by atomic mass is 16.7. The average Bonchev–Trinajstić information content (AvgIpc) is 3.38. The van der Waals surface area contributed by atoms with Crippen LogP contribution in [0.1, 0.15) is 47.0 Å². The summed E-state index contributed by atoms with van der Waals surface area (Å²) in [5.41, 5.74) is -1.19. The van der Waals surface area contributed by atoms with Crippen LogP contribution in [0.15, 0.2) is 23.8 Å². The van der Waals surface area contributed by atoms with E-state index in [1.54, 1.807) is 12.2 Å². The molecular weight excluding hydrogens is 436 g/mol. The first-order valence-electron chi connectivity index (χ1n) is 12.9. The van der Waals surface area contributed by atoms with Crippen LogP contribution in [0, 0.1) is 46.8 Å². The summed E-state index contributed by atoms with van der Waals surface area (Å²) in [6.45, 7) is 7.64. The third kappa shape index (κ3) is 2.29. The van der Waals surface area contributed by atoms with E-state index in [2.05, 4.69) is 0 Å². The van der Waals surface area contributed by atoms with Crippen LogP contribution in [-0.4, -0.2) is 57.8 Å². The van der Waals surface area contributed by atoms with Crippen molar-refractivity contribution < 1.29 is 34.0 Å². The van der Waals surface area contributed by atoms with E-state index in [1.807, 2.05) is 33.8 Å². The van der Waals surface area contributed by atoms with Crippen molar-refractivity contribution in [2.45, 2.75) is 82.8 Å². The summed E-state index contributed by atoms with van der Waals surface area (Å²) in [6, 6.07) is 0. The fraction of sp³-hybridized carbons (Fsp3) is 0.778. The van der Waals surface area contributed by atoms with E-state index < -0.39 is 35.1 Å². The molecule has 3 saturated carbocycles. The predicted molar refractivity (Wildman–Crippen MR) is 119 cm³/mol. The van der Waals surface area contributed by atoms with Crippen molar-refractivity contribution in [2.24, 2.45) is 46.8 Å². The number of fused-ring (bicyclic) bond motifs is 4. The molecule has 3 heterocycles. The number of aliphatic hydroxyl groups excluding tert-OH is 1. The summed E-state index contributed by atoms with van der Waals surface area (Å²) in [5.74, 6) is -1.20. The zero-order chi connectivity index (χ0) is 23.9. The van der Waals surface area contributed by atoms with Crippen LogP contribution in [-0.2, 0) is 23.8 Å². The van der Waals surface area contributed by atoms with E-state index in [0.717, 1.165) is 12.0 Å². The van der Waals surface area contributed by atoms with Crippen LogP contribution in [0.3, 0.4) is 0 Å². The fourth-order valence-electron chi connectivity index (χ4n) is 9.44. The molecule has 0 aromatic heterocycles. The number of carbonyl (C=O) groups excluding carboxylic acids is 2. The van der Waals surface area contributed by atoms with Gasteiger partial charge in [-0.05, 0) is 56.1 Å². The van der Waals surface area contributed by atoms with Crippen LogP contribution in [0.25, 0.3) is 0 Å². The Hall–Kier alpha value is -1.54. The number of ether oxygens (including phenoxy) is 3. The molecule has 0 amide bonds. The van der Waals surface area contributed by atoms with Crippen LogP contribution in [0.2, 0.25) is 0 Å². The Balaban J connectivity index is 1.31. The number of rotatable bonds is 1. The van der Waals surface area contributed by atoms with E-state index in [-0.39, 0.29) is 59.3 Å². The molecule has 6 fully saturated rings. The number of allylic oxidation sites excluding steroid dienone is 3. The fourth-order valence-corrected chi connectivity index (χ4v) is 9.44. The lowest BCUT2D eigenvalue weighted by Gasteiger charge is -2.62. The van der Waals surface area contributed by atoms with Gasteiger partial charge < -0.3 is 24.4 Å². The molecule has 2 N–H and O–H groups in total. The first-order chi connectivity index (χ1) is 16.0. The van der Waals surface area contributed by atoms with Gasteiger partial charge in [0.1, 0.15) is 12.2 Å². The minimum atomic E-state index is -1.20. The molecule has 7 rings (SSSR count). The number of aliphatic hydroxyl groups is 2. The maximum atomic E-state index is 13.3. The molecule has 184 valence electrons. The topological polar surface area (TPSA) is 102 Å². The normalized spacial score (nSPS) is 61.1. The molecular formula is C27H34O7. The molecule has 3 aliphatic heterocycles. The molecule has 0 spiro atoms. The molecule has 34 heavy (non-hydrogen) atoms. The summed E-state index contributed by atoms with van der Waals surface area (Å²) in [7, 11) is 0. The molecule has 4 aliphatic carbocycles. The Morgan fingerprint density at radius 3 is 2.53 bits per heavy atom. The van der Waals surface area contributed by atoms with Gasteiger partial charge in [-0.1, -0.05) is 26.0 Å². The highest BCUT2D eigenvalue weighted by Crippen LogP contribution is 2.72. The van der Waals surface area contributed by atoms with E-state index >= 15 is 0 Å². The lowest BCUT2D eigenvalue weighted by Crippen LogP contribution is -2.69. The zero-order valence-electron chi connectivity index (χ0n) is 20.1. The van der Waals surface area contributed by atoms with Gasteiger partial charge in [-0.25, -0.2) is 0 Å². The van der Waals surface area contributed by atoms with E-state index in [4.69, 9.17) is 14.2 Å². The molecule has 7 nitrogen and oxygen atoms in total. The molecule has 7 aliphatic rings. The molecule has 0 aromatic carbocycles. The SMILES string of the molecule is C[C@H]1C(=O)OC(C2O[C@]34C[C@H]5[C@@H](C[C@@H](O)C6=CC=CC(=O)[C@@]65C)[C@@H]5C[C@@H](O3)C([C@@H]54)[C@@]2(C)O)[C@@H]1C. The van der Waals surface area contributed by atoms with Crippen molar-refractivity contribution in [3.8, 4) is 0 Å². The summed E-state index contributed by atoms with van der Waals surface area (Å²) >= 11 is 0. The van der Waals surface area contributed by atoms with Gasteiger partial charge in [0, 0.05) is 24.2 Å². The van der Waals surface area contributed by atoms with E-state index in [1.165, 1.54) is 0 Å². The molecule has 0 aromatic rings. The molecule has 3 saturated heterocycles. The van der Waals surface area contributed by atoms with Crippen LogP contribution in [0.5, 0.6) is 0 Å². The van der Waals surface area contributed by atoms with Crippen molar-refractivity contribution in [1.82, 2.24) is 0 Å². The number of esters is 1. The molecule has 4 bridgehead atoms. The number of hydrogen-bond donors (Lipinski definition) is 2. The van der Waals surface area contributed by atoms with Gasteiger partial charge in [-0.15, -0.1) is 0 Å². The van der Waals surface area contributed by atoms with Gasteiger partial charge in [0.2, 0.25) is 0 Å². The number of hydrogen-bond acceptors (Lipinski definition) is 7. The number of carbonyl (C=O) groups is 2. The van der Waals surface area contributed by atoms with Crippen molar-refractivity contribution in [3.05, 3.63) is 23.8 Å². The quantitative estimate of drug-likeness (QED) is 0.566. The first-order valence-corrected chi connectivity index (χ1v) is 12.9. The van der Waals surface area contributed by atoms with Crippen molar-refractivity contribution in [3.63, 3.8) is 0 Å². The number of cyclic esters (lactones) is 1. The minimum Gasteiger partial charge on any atom is -0.459 e. The van der Waals surface area contributed by atoms with Gasteiger partial charge in [-0.2, -0.15) is 0 Å². The van der Waals surface area contributed by atoms with Gasteiger partial charge in [0.05, 0.1) is 29.1 Å². The average molecular weight is 471 g/mol. The first kappa shape index (κ1) is 21.7. The van der Waals surface area contributed by atoms with Gasteiger partial charge in [0.15, 0.2) is 11.6 Å². The van der Waals surface area contributed by atoms with Gasteiger partial charge >= 0.3 is 5.97 Å². The lowest BCUT2D eigenvalue weighted by molar-refractivity contribution is -0.363. The van der Waals surface area contributed by atoms with E-state index in [9.17, 15) is 19.8 Å². The third-order valence-corrected chi connectivity index (χ3v) is 11.2. The Labute approximate surface area is 199 Å². The monoisotopic (exact) mass is 470 g/mol. The third-order valence-electron chi connectivity index (χ3n) is 11.2. The van der Waals surface area contributed by atoms with Gasteiger partial charge in [-0.3, -0.25) is 9.59 Å². The lowest BCUT2D eigenvalue weighted by atomic mass is 9.47. The highest BCUT2D eigenvalue weighted by molar-refractivity contribution is 5.99. The van der Waals surface area contributed by atoms with Crippen LogP contribution >= 0.6 is 0 Å². The second-order valence-corrected chi connectivity index (χ2v) is 12.5. The van der Waals surface area contributed by atoms with Crippen molar-refractivity contribution in [1.29, 1.82) is 0 Å². The molecule has 14 atom stereocenters. The summed E-state index contributed by atoms with van der Waals surface area (Å²) in [6.07, 6.45) is 5.26. The molecule has 7 heteroatoms. The Kier molecular flexibility index (Phi) is 4.10. The Morgan fingerprint density at radius 2 is 1.82 bits per heavy atom. The maximum absolute atomic E-state index is 13.3. The minimum absolute atomic E-state index is 0.00500. The summed E-state index contributed by atoms with van der Waals surface area (Å²) < 4.78 is 19.2. The number of ketones is 1. The molecule has 0 radical (unpaired) electrons. The van der Waals surface area contributed by atoms with Crippen LogP contribution in [0.4, 0.5) is 0 Å². The summed E-state index contributed by atoms with van der Waals surface area (Å²) in [4.78, 5) is 25.7. The standard InChI is InChI=1S/C27H34O7/c1-11-12(2)24(30)32-22(11)23-26(4,31)21-18-9-14-13-8-17(28)15-6-5-7-19(29)25(15,3)16(13)10-27(33-18,34-23)20(14)21/h5-7,11-14,16-18,20-23,28,31H,8-10H2,1-4H3/t11-,12-,13+,14+,16+,17-,18-,20-,21?,22?,23?,25+,26-,27+/m1/s1. The second-order valence-electron chi connectivity index (χ2n) is 12.5. The Bertz CT molecular complexity index is 1050. The zero-order valence-corrected chi connectivity index (χ0v) is 20.1. The highest BCUT2D eigenvalue weighted by Gasteiger charge is 2.79. The smallest absolute Gasteiger partial charge is 0.309 e. The maximum Gasteiger partial charge on any atom is 0.309 e.